The Kier molecular flexibility index (Phi) is 3.62. The summed E-state index contributed by atoms with van der Waals surface area (Å²) in [6, 6.07) is 0. The molecular weight excluding hydrogens is 178 g/mol. The van der Waals surface area contributed by atoms with Crippen molar-refractivity contribution in [3.05, 3.63) is 11.1 Å². The fraction of sp³-hybridized carbons (Fsp3) is 0.500. The lowest BCUT2D eigenvalue weighted by molar-refractivity contribution is 0.0941. The van der Waals surface area contributed by atoms with E-state index in [9.17, 15) is 4.79 Å². The van der Waals surface area contributed by atoms with E-state index in [2.05, 4.69) is 14.9 Å². The zero-order valence-electron chi connectivity index (χ0n) is 6.61. The summed E-state index contributed by atoms with van der Waals surface area (Å²) in [6.45, 7) is 1.02. The molecule has 0 aliphatic carbocycles. The highest BCUT2D eigenvalue weighted by Crippen LogP contribution is 2.00. The highest BCUT2D eigenvalue weighted by atomic mass is 32.1. The van der Waals surface area contributed by atoms with E-state index in [1.165, 1.54) is 6.20 Å². The maximum absolute atomic E-state index is 11.1. The van der Waals surface area contributed by atoms with Gasteiger partial charge >= 0.3 is 0 Å². The molecule has 1 heterocycles. The Morgan fingerprint density at radius 2 is 2.67 bits per heavy atom. The average molecular weight is 187 g/mol. The Bertz CT molecular complexity index is 237. The number of carbonyl (C=O) groups is 1. The molecule has 0 spiro atoms. The molecule has 0 aliphatic heterocycles. The molecule has 6 heteroatoms. The monoisotopic (exact) mass is 187 g/mol. The normalized spacial score (nSPS) is 9.75. The second-order valence-electron chi connectivity index (χ2n) is 2.03. The first-order valence-electron chi connectivity index (χ1n) is 3.39. The van der Waals surface area contributed by atoms with E-state index in [1.807, 2.05) is 0 Å². The van der Waals surface area contributed by atoms with E-state index in [-0.39, 0.29) is 5.91 Å². The van der Waals surface area contributed by atoms with Crippen molar-refractivity contribution < 1.29 is 9.53 Å². The van der Waals surface area contributed by atoms with Crippen LogP contribution in [0.1, 0.15) is 9.67 Å². The van der Waals surface area contributed by atoms with Crippen molar-refractivity contribution in [3.63, 3.8) is 0 Å². The predicted octanol–water partition coefficient (Wildman–Crippen LogP) is -0.0857. The third-order valence-electron chi connectivity index (χ3n) is 1.18. The quantitative estimate of drug-likeness (QED) is 0.669. The molecule has 1 aromatic heterocycles. The molecule has 0 aromatic carbocycles. The molecule has 1 aromatic rings. The minimum absolute atomic E-state index is 0.151. The maximum Gasteiger partial charge on any atom is 0.264 e. The van der Waals surface area contributed by atoms with Crippen LogP contribution < -0.4 is 5.32 Å². The highest BCUT2D eigenvalue weighted by molar-refractivity contribution is 7.07. The van der Waals surface area contributed by atoms with Crippen molar-refractivity contribution in [3.8, 4) is 0 Å². The number of nitrogens with one attached hydrogen (secondary N) is 1. The molecule has 0 saturated carbocycles. The van der Waals surface area contributed by atoms with Crippen molar-refractivity contribution in [2.75, 3.05) is 20.3 Å². The van der Waals surface area contributed by atoms with Gasteiger partial charge in [0, 0.05) is 13.7 Å². The largest absolute Gasteiger partial charge is 0.383 e. The molecule has 1 rings (SSSR count). The van der Waals surface area contributed by atoms with Crippen LogP contribution in [-0.4, -0.2) is 35.8 Å². The SMILES string of the molecule is COCCNC(=O)c1cnns1. The zero-order valence-corrected chi connectivity index (χ0v) is 7.43. The number of aromatic nitrogens is 2. The maximum atomic E-state index is 11.1. The van der Waals surface area contributed by atoms with Gasteiger partial charge in [-0.05, 0) is 11.5 Å². The smallest absolute Gasteiger partial charge is 0.264 e. The van der Waals surface area contributed by atoms with Crippen LogP contribution in [0.4, 0.5) is 0 Å². The molecule has 1 amide bonds. The van der Waals surface area contributed by atoms with Gasteiger partial charge in [0.2, 0.25) is 0 Å². The van der Waals surface area contributed by atoms with E-state index >= 15 is 0 Å². The number of methoxy groups -OCH3 is 1. The van der Waals surface area contributed by atoms with Crippen LogP contribution in [0.5, 0.6) is 0 Å². The molecule has 1 N–H and O–H groups in total. The summed E-state index contributed by atoms with van der Waals surface area (Å²) >= 11 is 1.08. The average Bonchev–Trinajstić information content (AvgIpc) is 2.56. The molecule has 0 aliphatic rings. The summed E-state index contributed by atoms with van der Waals surface area (Å²) in [5, 5.41) is 6.20. The van der Waals surface area contributed by atoms with Crippen LogP contribution in [0.2, 0.25) is 0 Å². The van der Waals surface area contributed by atoms with Gasteiger partial charge in [0.25, 0.3) is 5.91 Å². The van der Waals surface area contributed by atoms with Crippen molar-refractivity contribution in [1.29, 1.82) is 0 Å². The highest BCUT2D eigenvalue weighted by Gasteiger charge is 2.06. The standard InChI is InChI=1S/C6H9N3O2S/c1-11-3-2-7-6(10)5-4-8-9-12-5/h4H,2-3H2,1H3,(H,7,10). The van der Waals surface area contributed by atoms with Gasteiger partial charge in [-0.3, -0.25) is 4.79 Å². The Labute approximate surface area is 73.9 Å². The minimum Gasteiger partial charge on any atom is -0.383 e. The number of ether oxygens (including phenoxy) is 1. The second-order valence-corrected chi connectivity index (χ2v) is 2.82. The molecule has 0 unspecified atom stereocenters. The predicted molar refractivity (Wildman–Crippen MR) is 44.1 cm³/mol. The summed E-state index contributed by atoms with van der Waals surface area (Å²) in [7, 11) is 1.58. The number of hydrogen-bond donors (Lipinski definition) is 1. The number of rotatable bonds is 4. The molecule has 5 nitrogen and oxygen atoms in total. The van der Waals surface area contributed by atoms with Crippen LogP contribution >= 0.6 is 11.5 Å². The Morgan fingerprint density at radius 3 is 3.25 bits per heavy atom. The van der Waals surface area contributed by atoms with Crippen LogP contribution in [0.3, 0.4) is 0 Å². The lowest BCUT2D eigenvalue weighted by Gasteiger charge is -2.00. The van der Waals surface area contributed by atoms with Crippen molar-refractivity contribution >= 4 is 17.4 Å². The summed E-state index contributed by atoms with van der Waals surface area (Å²) in [5.41, 5.74) is 0. The Morgan fingerprint density at radius 1 is 1.83 bits per heavy atom. The summed E-state index contributed by atoms with van der Waals surface area (Å²) in [5.74, 6) is -0.151. The summed E-state index contributed by atoms with van der Waals surface area (Å²) in [6.07, 6.45) is 1.44. The first kappa shape index (κ1) is 9.08. The zero-order chi connectivity index (χ0) is 8.81. The van der Waals surface area contributed by atoms with Gasteiger partial charge in [-0.25, -0.2) is 0 Å². The van der Waals surface area contributed by atoms with Crippen LogP contribution in [0.25, 0.3) is 0 Å². The van der Waals surface area contributed by atoms with Gasteiger partial charge in [0.05, 0.1) is 12.8 Å². The van der Waals surface area contributed by atoms with Gasteiger partial charge in [-0.2, -0.15) is 0 Å². The van der Waals surface area contributed by atoms with Crippen LogP contribution in [-0.2, 0) is 4.74 Å². The molecule has 0 fully saturated rings. The summed E-state index contributed by atoms with van der Waals surface area (Å²) in [4.78, 5) is 11.7. The summed E-state index contributed by atoms with van der Waals surface area (Å²) < 4.78 is 8.34. The fourth-order valence-electron chi connectivity index (χ4n) is 0.621. The van der Waals surface area contributed by atoms with Crippen LogP contribution in [0, 0.1) is 0 Å². The Balaban J connectivity index is 2.30. The second kappa shape index (κ2) is 4.78. The van der Waals surface area contributed by atoms with Crippen molar-refractivity contribution in [2.24, 2.45) is 0 Å². The topological polar surface area (TPSA) is 64.1 Å². The molecule has 0 saturated heterocycles. The van der Waals surface area contributed by atoms with E-state index < -0.39 is 0 Å². The van der Waals surface area contributed by atoms with Crippen LogP contribution in [0.15, 0.2) is 6.20 Å². The molecule has 0 bridgehead atoms. The van der Waals surface area contributed by atoms with Gasteiger partial charge in [0.15, 0.2) is 0 Å². The van der Waals surface area contributed by atoms with Gasteiger partial charge in [-0.1, -0.05) is 4.49 Å². The molecular formula is C6H9N3O2S. The van der Waals surface area contributed by atoms with Crippen molar-refractivity contribution in [2.45, 2.75) is 0 Å². The van der Waals surface area contributed by atoms with Crippen molar-refractivity contribution in [1.82, 2.24) is 14.9 Å². The van der Waals surface area contributed by atoms with E-state index in [1.54, 1.807) is 7.11 Å². The lowest BCUT2D eigenvalue weighted by atomic mass is 10.5. The fourth-order valence-corrected chi connectivity index (χ4v) is 1.05. The van der Waals surface area contributed by atoms with E-state index in [0.717, 1.165) is 11.5 Å². The van der Waals surface area contributed by atoms with E-state index in [4.69, 9.17) is 4.74 Å². The molecule has 0 radical (unpaired) electrons. The first-order valence-corrected chi connectivity index (χ1v) is 4.16. The lowest BCUT2D eigenvalue weighted by Crippen LogP contribution is -2.26. The van der Waals surface area contributed by atoms with Gasteiger partial charge in [-0.15, -0.1) is 5.10 Å². The molecule has 12 heavy (non-hydrogen) atoms. The Hall–Kier alpha value is -1.01. The first-order chi connectivity index (χ1) is 5.84. The number of carbonyl (C=O) groups excluding carboxylic acids is 1. The van der Waals surface area contributed by atoms with Gasteiger partial charge in [0.1, 0.15) is 4.88 Å². The third-order valence-corrected chi connectivity index (χ3v) is 1.84. The number of amides is 1. The molecule has 0 atom stereocenters. The number of hydrogen-bond acceptors (Lipinski definition) is 5. The number of nitrogens with zero attached hydrogens (tertiary/aromatic N) is 2. The minimum atomic E-state index is -0.151. The van der Waals surface area contributed by atoms with E-state index in [0.29, 0.717) is 18.0 Å². The third kappa shape index (κ3) is 2.55. The van der Waals surface area contributed by atoms with Gasteiger partial charge < -0.3 is 10.1 Å². The molecule has 66 valence electrons.